The molecule has 1 aromatic rings. The molecule has 33 heavy (non-hydrogen) atoms. The van der Waals surface area contributed by atoms with E-state index >= 15 is 0 Å². The number of fused-ring (bicyclic) bond motifs is 3. The highest BCUT2D eigenvalue weighted by Gasteiger charge is 2.58. The van der Waals surface area contributed by atoms with Crippen LogP contribution in [0.25, 0.3) is 0 Å². The predicted molar refractivity (Wildman–Crippen MR) is 121 cm³/mol. The van der Waals surface area contributed by atoms with Crippen molar-refractivity contribution in [3.05, 3.63) is 35.1 Å². The van der Waals surface area contributed by atoms with Crippen LogP contribution >= 0.6 is 0 Å². The molecular formula is C26H33NO6. The lowest BCUT2D eigenvalue weighted by atomic mass is 9.77. The molecule has 7 heteroatoms. The SMILES string of the molecule is COC1=C[C@]23CCCN2CCc2cc4c(cc2[C@@H]3[C@@H]1OC(=O)C(=O)CCC(C)(C)C)OCO4. The van der Waals surface area contributed by atoms with Gasteiger partial charge in [-0.3, -0.25) is 9.69 Å². The number of methoxy groups -OCH3 is 1. The highest BCUT2D eigenvalue weighted by Crippen LogP contribution is 2.55. The first-order valence-electron chi connectivity index (χ1n) is 11.9. The number of ether oxygens (including phenoxy) is 4. The fraction of sp³-hybridized carbons (Fsp3) is 0.615. The number of nitrogens with zero attached hydrogens (tertiary/aromatic N) is 1. The fourth-order valence-electron chi connectivity index (χ4n) is 5.87. The van der Waals surface area contributed by atoms with E-state index in [4.69, 9.17) is 18.9 Å². The van der Waals surface area contributed by atoms with Crippen LogP contribution in [0.1, 0.15) is 63.5 Å². The van der Waals surface area contributed by atoms with Gasteiger partial charge in [0.05, 0.1) is 18.6 Å². The van der Waals surface area contributed by atoms with Crippen molar-refractivity contribution in [2.24, 2.45) is 5.41 Å². The molecule has 0 unspecified atom stereocenters. The first-order valence-corrected chi connectivity index (χ1v) is 11.9. The Morgan fingerprint density at radius 3 is 2.67 bits per heavy atom. The summed E-state index contributed by atoms with van der Waals surface area (Å²) >= 11 is 0. The molecule has 0 amide bonds. The third-order valence-electron chi connectivity index (χ3n) is 7.53. The highest BCUT2D eigenvalue weighted by molar-refractivity contribution is 6.33. The lowest BCUT2D eigenvalue weighted by Gasteiger charge is -2.39. The van der Waals surface area contributed by atoms with Crippen molar-refractivity contribution in [3.8, 4) is 11.5 Å². The van der Waals surface area contributed by atoms with Gasteiger partial charge < -0.3 is 18.9 Å². The van der Waals surface area contributed by atoms with Crippen LogP contribution in [-0.2, 0) is 25.5 Å². The first-order chi connectivity index (χ1) is 15.7. The normalized spacial score (nSPS) is 27.8. The van der Waals surface area contributed by atoms with Crippen molar-refractivity contribution in [2.75, 3.05) is 27.0 Å². The molecule has 5 rings (SSSR count). The Hall–Kier alpha value is -2.54. The minimum atomic E-state index is -0.777. The zero-order valence-electron chi connectivity index (χ0n) is 19.9. The Morgan fingerprint density at radius 2 is 1.94 bits per heavy atom. The van der Waals surface area contributed by atoms with Gasteiger partial charge in [0.25, 0.3) is 0 Å². The van der Waals surface area contributed by atoms with Gasteiger partial charge in [-0.2, -0.15) is 0 Å². The van der Waals surface area contributed by atoms with Crippen molar-refractivity contribution >= 4 is 11.8 Å². The standard InChI is InChI=1S/C26H33NO6/c1-25(2,3)9-6-18(28)24(29)33-23-21(30-4)14-26-8-5-10-27(26)11-7-16-12-19-20(32-15-31-19)13-17(16)22(23)26/h12-14,22-23H,5-11,15H2,1-4H3/t22-,23-,26+/m1/s1. The first kappa shape index (κ1) is 22.3. The third-order valence-corrected chi connectivity index (χ3v) is 7.53. The molecule has 178 valence electrons. The smallest absolute Gasteiger partial charge is 0.375 e. The van der Waals surface area contributed by atoms with E-state index in [1.807, 2.05) is 6.07 Å². The molecule has 3 heterocycles. The number of esters is 1. The topological polar surface area (TPSA) is 74.3 Å². The van der Waals surface area contributed by atoms with Gasteiger partial charge in [-0.1, -0.05) is 20.8 Å². The molecule has 3 aliphatic heterocycles. The van der Waals surface area contributed by atoms with E-state index in [0.717, 1.165) is 43.7 Å². The average Bonchev–Trinajstić information content (AvgIpc) is 3.45. The zero-order chi connectivity index (χ0) is 23.4. The van der Waals surface area contributed by atoms with Crippen molar-refractivity contribution in [1.29, 1.82) is 0 Å². The predicted octanol–water partition coefficient (Wildman–Crippen LogP) is 3.74. The molecule has 0 aromatic heterocycles. The number of hydrogen-bond donors (Lipinski definition) is 0. The maximum atomic E-state index is 12.9. The second kappa shape index (κ2) is 8.05. The number of Topliss-reactive ketones (excluding diaryl/α,β-unsaturated/α-hetero) is 1. The molecule has 3 atom stereocenters. The van der Waals surface area contributed by atoms with E-state index < -0.39 is 17.9 Å². The van der Waals surface area contributed by atoms with Crippen LogP contribution < -0.4 is 9.47 Å². The van der Waals surface area contributed by atoms with Crippen molar-refractivity contribution in [3.63, 3.8) is 0 Å². The maximum Gasteiger partial charge on any atom is 0.375 e. The molecule has 4 aliphatic rings. The molecule has 1 aliphatic carbocycles. The minimum absolute atomic E-state index is 0.0298. The van der Waals surface area contributed by atoms with Gasteiger partial charge >= 0.3 is 5.97 Å². The monoisotopic (exact) mass is 455 g/mol. The molecular weight excluding hydrogens is 422 g/mol. The number of carbonyl (C=O) groups is 2. The van der Waals surface area contributed by atoms with Crippen LogP contribution in [0, 0.1) is 5.41 Å². The molecule has 0 N–H and O–H groups in total. The summed E-state index contributed by atoms with van der Waals surface area (Å²) in [6.07, 6.45) is 5.19. The molecule has 1 saturated heterocycles. The second-order valence-electron chi connectivity index (χ2n) is 10.8. The zero-order valence-corrected chi connectivity index (χ0v) is 19.9. The Bertz CT molecular complexity index is 1010. The van der Waals surface area contributed by atoms with E-state index in [9.17, 15) is 9.59 Å². The van der Waals surface area contributed by atoms with E-state index in [2.05, 4.69) is 37.8 Å². The van der Waals surface area contributed by atoms with Crippen LogP contribution in [-0.4, -0.2) is 55.3 Å². The Labute approximate surface area is 195 Å². The molecule has 0 radical (unpaired) electrons. The highest BCUT2D eigenvalue weighted by atomic mass is 16.7. The Kier molecular flexibility index (Phi) is 5.43. The van der Waals surface area contributed by atoms with Crippen LogP contribution in [0.4, 0.5) is 0 Å². The summed E-state index contributed by atoms with van der Waals surface area (Å²) in [4.78, 5) is 28.0. The molecule has 7 nitrogen and oxygen atoms in total. The summed E-state index contributed by atoms with van der Waals surface area (Å²) in [5.41, 5.74) is 1.93. The second-order valence-corrected chi connectivity index (χ2v) is 10.8. The summed E-state index contributed by atoms with van der Waals surface area (Å²) in [6, 6.07) is 4.10. The van der Waals surface area contributed by atoms with E-state index in [-0.39, 0.29) is 30.1 Å². The molecule has 1 spiro atoms. The van der Waals surface area contributed by atoms with Gasteiger partial charge in [-0.15, -0.1) is 0 Å². The Balaban J connectivity index is 1.51. The Morgan fingerprint density at radius 1 is 1.18 bits per heavy atom. The quantitative estimate of drug-likeness (QED) is 0.495. The average molecular weight is 456 g/mol. The third kappa shape index (κ3) is 3.80. The summed E-state index contributed by atoms with van der Waals surface area (Å²) in [7, 11) is 1.61. The van der Waals surface area contributed by atoms with Gasteiger partial charge in [-0.25, -0.2) is 4.79 Å². The summed E-state index contributed by atoms with van der Waals surface area (Å²) in [6.45, 7) is 8.26. The van der Waals surface area contributed by atoms with Crippen LogP contribution in [0.3, 0.4) is 0 Å². The number of ketones is 1. The van der Waals surface area contributed by atoms with E-state index in [1.54, 1.807) is 7.11 Å². The minimum Gasteiger partial charge on any atom is -0.497 e. The largest absolute Gasteiger partial charge is 0.497 e. The number of carbonyl (C=O) groups excluding carboxylic acids is 2. The van der Waals surface area contributed by atoms with Crippen molar-refractivity contribution < 1.29 is 28.5 Å². The summed E-state index contributed by atoms with van der Waals surface area (Å²) in [5, 5.41) is 0. The summed E-state index contributed by atoms with van der Waals surface area (Å²) in [5.74, 6) is 0.668. The maximum absolute atomic E-state index is 12.9. The molecule has 0 bridgehead atoms. The number of hydrogen-bond acceptors (Lipinski definition) is 7. The number of benzene rings is 1. The van der Waals surface area contributed by atoms with Gasteiger partial charge in [0, 0.05) is 13.0 Å². The number of rotatable bonds is 5. The molecule has 0 saturated carbocycles. The van der Waals surface area contributed by atoms with Gasteiger partial charge in [0.15, 0.2) is 17.6 Å². The lowest BCUT2D eigenvalue weighted by molar-refractivity contribution is -0.159. The van der Waals surface area contributed by atoms with Crippen molar-refractivity contribution in [2.45, 2.75) is 70.4 Å². The van der Waals surface area contributed by atoms with Crippen LogP contribution in [0.15, 0.2) is 24.0 Å². The molecule has 1 aromatic carbocycles. The van der Waals surface area contributed by atoms with Crippen LogP contribution in [0.2, 0.25) is 0 Å². The van der Waals surface area contributed by atoms with Crippen LogP contribution in [0.5, 0.6) is 11.5 Å². The van der Waals surface area contributed by atoms with Gasteiger partial charge in [0.2, 0.25) is 12.6 Å². The van der Waals surface area contributed by atoms with Gasteiger partial charge in [0.1, 0.15) is 5.76 Å². The van der Waals surface area contributed by atoms with Crippen molar-refractivity contribution in [1.82, 2.24) is 4.90 Å². The summed E-state index contributed by atoms with van der Waals surface area (Å²) < 4.78 is 23.0. The molecule has 1 fully saturated rings. The van der Waals surface area contributed by atoms with E-state index in [1.165, 1.54) is 5.56 Å². The van der Waals surface area contributed by atoms with E-state index in [0.29, 0.717) is 17.9 Å². The lowest BCUT2D eigenvalue weighted by Crippen LogP contribution is -2.47. The van der Waals surface area contributed by atoms with Gasteiger partial charge in [-0.05, 0) is 67.0 Å². The fourth-order valence-corrected chi connectivity index (χ4v) is 5.87.